The van der Waals surface area contributed by atoms with Gasteiger partial charge in [0.05, 0.1) is 6.16 Å². The van der Waals surface area contributed by atoms with Gasteiger partial charge in [0.25, 0.3) is 0 Å². The molecule has 0 fully saturated rings. The Labute approximate surface area is 129 Å². The first-order valence-corrected chi connectivity index (χ1v) is 9.92. The molecule has 0 saturated heterocycles. The standard InChI is InChI=1S/C17H29O3P/c1-4-7-10-15-11-9-13-17(16(15)12-8-5-2)20-21(18,19)14-6-3/h9,11,13H,4-8,10,12,14H2,1-3H3,(H,18,19). The normalized spacial score (nSPS) is 13.9. The van der Waals surface area contributed by atoms with Crippen molar-refractivity contribution in [3.63, 3.8) is 0 Å². The molecule has 0 aliphatic rings. The van der Waals surface area contributed by atoms with Crippen LogP contribution in [0.5, 0.6) is 5.75 Å². The fraction of sp³-hybridized carbons (Fsp3) is 0.647. The van der Waals surface area contributed by atoms with E-state index >= 15 is 0 Å². The van der Waals surface area contributed by atoms with Gasteiger partial charge in [-0.2, -0.15) is 0 Å². The van der Waals surface area contributed by atoms with Crippen LogP contribution in [-0.2, 0) is 17.4 Å². The smallest absolute Gasteiger partial charge is 0.376 e. The Kier molecular flexibility index (Phi) is 8.06. The Balaban J connectivity index is 3.02. The number of benzene rings is 1. The zero-order valence-corrected chi connectivity index (χ0v) is 14.5. The van der Waals surface area contributed by atoms with Gasteiger partial charge in [-0.05, 0) is 49.3 Å². The molecule has 21 heavy (non-hydrogen) atoms. The minimum Gasteiger partial charge on any atom is -0.424 e. The lowest BCUT2D eigenvalue weighted by atomic mass is 9.97. The van der Waals surface area contributed by atoms with E-state index in [1.807, 2.05) is 19.1 Å². The highest BCUT2D eigenvalue weighted by molar-refractivity contribution is 7.53. The molecule has 3 nitrogen and oxygen atoms in total. The molecule has 0 aliphatic carbocycles. The fourth-order valence-corrected chi connectivity index (χ4v) is 3.55. The molecule has 0 amide bonds. The number of hydrogen-bond donors (Lipinski definition) is 1. The number of hydrogen-bond acceptors (Lipinski definition) is 2. The zero-order chi connectivity index (χ0) is 15.7. The van der Waals surface area contributed by atoms with Crippen molar-refractivity contribution in [1.29, 1.82) is 0 Å². The highest BCUT2D eigenvalue weighted by Crippen LogP contribution is 2.44. The largest absolute Gasteiger partial charge is 0.424 e. The van der Waals surface area contributed by atoms with Crippen molar-refractivity contribution in [3.8, 4) is 5.75 Å². The summed E-state index contributed by atoms with van der Waals surface area (Å²) in [4.78, 5) is 9.92. The van der Waals surface area contributed by atoms with Crippen molar-refractivity contribution in [2.24, 2.45) is 0 Å². The summed E-state index contributed by atoms with van der Waals surface area (Å²) in [6.45, 7) is 6.22. The lowest BCUT2D eigenvalue weighted by molar-refractivity contribution is 0.377. The van der Waals surface area contributed by atoms with Crippen LogP contribution in [0.4, 0.5) is 0 Å². The highest BCUT2D eigenvalue weighted by Gasteiger charge is 2.21. The molecule has 4 heteroatoms. The molecule has 0 bridgehead atoms. The summed E-state index contributed by atoms with van der Waals surface area (Å²) in [5.74, 6) is 0.608. The minimum atomic E-state index is -3.52. The van der Waals surface area contributed by atoms with Gasteiger partial charge in [0.15, 0.2) is 0 Å². The van der Waals surface area contributed by atoms with Crippen LogP contribution >= 0.6 is 7.60 Å². The highest BCUT2D eigenvalue weighted by atomic mass is 31.2. The zero-order valence-electron chi connectivity index (χ0n) is 13.6. The summed E-state index contributed by atoms with van der Waals surface area (Å²) < 4.78 is 17.6. The predicted molar refractivity (Wildman–Crippen MR) is 89.3 cm³/mol. The Hall–Kier alpha value is -0.790. The maximum Gasteiger partial charge on any atom is 0.376 e. The van der Waals surface area contributed by atoms with Crippen LogP contribution in [0.15, 0.2) is 18.2 Å². The predicted octanol–water partition coefficient (Wildman–Crippen LogP) is 5.35. The van der Waals surface area contributed by atoms with Gasteiger partial charge in [0.2, 0.25) is 0 Å². The average Bonchev–Trinajstić information content (AvgIpc) is 2.43. The van der Waals surface area contributed by atoms with Crippen LogP contribution in [-0.4, -0.2) is 11.1 Å². The lowest BCUT2D eigenvalue weighted by Crippen LogP contribution is -2.02. The van der Waals surface area contributed by atoms with E-state index in [2.05, 4.69) is 19.9 Å². The molecule has 1 unspecified atom stereocenters. The molecule has 1 aromatic rings. The number of unbranched alkanes of at least 4 members (excludes halogenated alkanes) is 2. The molecule has 1 atom stereocenters. The van der Waals surface area contributed by atoms with E-state index in [1.54, 1.807) is 0 Å². The first-order chi connectivity index (χ1) is 10.0. The van der Waals surface area contributed by atoms with E-state index in [4.69, 9.17) is 4.52 Å². The summed E-state index contributed by atoms with van der Waals surface area (Å²) >= 11 is 0. The quantitative estimate of drug-likeness (QED) is 0.593. The van der Waals surface area contributed by atoms with Gasteiger partial charge >= 0.3 is 7.60 Å². The van der Waals surface area contributed by atoms with Crippen molar-refractivity contribution in [3.05, 3.63) is 29.3 Å². The van der Waals surface area contributed by atoms with Crippen LogP contribution in [0.3, 0.4) is 0 Å². The van der Waals surface area contributed by atoms with Crippen LogP contribution in [0, 0.1) is 0 Å². The molecular formula is C17H29O3P. The van der Waals surface area contributed by atoms with Gasteiger partial charge in [0.1, 0.15) is 5.75 Å². The fourth-order valence-electron chi connectivity index (χ4n) is 2.42. The second-order valence-electron chi connectivity index (χ2n) is 5.55. The van der Waals surface area contributed by atoms with E-state index in [-0.39, 0.29) is 6.16 Å². The minimum absolute atomic E-state index is 0.208. The lowest BCUT2D eigenvalue weighted by Gasteiger charge is -2.18. The summed E-state index contributed by atoms with van der Waals surface area (Å²) in [5.41, 5.74) is 2.39. The first-order valence-electron chi connectivity index (χ1n) is 8.16. The third kappa shape index (κ3) is 6.23. The molecule has 0 aliphatic heterocycles. The first kappa shape index (κ1) is 18.3. The molecular weight excluding hydrogens is 283 g/mol. The maximum atomic E-state index is 12.1. The summed E-state index contributed by atoms with van der Waals surface area (Å²) in [6.07, 6.45) is 7.23. The monoisotopic (exact) mass is 312 g/mol. The second kappa shape index (κ2) is 9.27. The van der Waals surface area contributed by atoms with Crippen molar-refractivity contribution in [1.82, 2.24) is 0 Å². The Morgan fingerprint density at radius 1 is 1.05 bits per heavy atom. The third-order valence-corrected chi connectivity index (χ3v) is 5.05. The molecule has 0 saturated carbocycles. The van der Waals surface area contributed by atoms with Crippen LogP contribution in [0.25, 0.3) is 0 Å². The van der Waals surface area contributed by atoms with Crippen molar-refractivity contribution in [2.75, 3.05) is 6.16 Å². The van der Waals surface area contributed by atoms with E-state index in [1.165, 1.54) is 5.56 Å². The van der Waals surface area contributed by atoms with Crippen LogP contribution in [0.2, 0.25) is 0 Å². The average molecular weight is 312 g/mol. The summed E-state index contributed by atoms with van der Waals surface area (Å²) in [6, 6.07) is 5.89. The molecule has 1 aromatic carbocycles. The maximum absolute atomic E-state index is 12.1. The molecule has 120 valence electrons. The Bertz CT molecular complexity index is 471. The Morgan fingerprint density at radius 3 is 2.33 bits per heavy atom. The van der Waals surface area contributed by atoms with Crippen molar-refractivity contribution in [2.45, 2.75) is 65.7 Å². The summed E-state index contributed by atoms with van der Waals surface area (Å²) in [7, 11) is -3.52. The van der Waals surface area contributed by atoms with E-state index < -0.39 is 7.60 Å². The van der Waals surface area contributed by atoms with Crippen LogP contribution < -0.4 is 4.52 Å². The topological polar surface area (TPSA) is 46.5 Å². The van der Waals surface area contributed by atoms with Crippen molar-refractivity contribution < 1.29 is 14.0 Å². The molecule has 1 rings (SSSR count). The van der Waals surface area contributed by atoms with E-state index in [0.717, 1.165) is 44.1 Å². The van der Waals surface area contributed by atoms with E-state index in [0.29, 0.717) is 12.2 Å². The van der Waals surface area contributed by atoms with Gasteiger partial charge in [-0.25, -0.2) is 4.57 Å². The summed E-state index contributed by atoms with van der Waals surface area (Å²) in [5, 5.41) is 0. The number of aryl methyl sites for hydroxylation is 1. The van der Waals surface area contributed by atoms with Gasteiger partial charge in [-0.15, -0.1) is 0 Å². The second-order valence-corrected chi connectivity index (χ2v) is 7.46. The number of rotatable bonds is 10. The van der Waals surface area contributed by atoms with E-state index in [9.17, 15) is 9.46 Å². The SMILES string of the molecule is CCCCc1cccc(OP(=O)(O)CCC)c1CCCC. The third-order valence-electron chi connectivity index (χ3n) is 3.56. The van der Waals surface area contributed by atoms with Gasteiger partial charge in [-0.3, -0.25) is 0 Å². The molecule has 0 heterocycles. The molecule has 0 aromatic heterocycles. The molecule has 1 N–H and O–H groups in total. The molecule has 0 spiro atoms. The van der Waals surface area contributed by atoms with Gasteiger partial charge in [0, 0.05) is 0 Å². The van der Waals surface area contributed by atoms with Crippen LogP contribution in [0.1, 0.15) is 64.0 Å². The molecule has 0 radical (unpaired) electrons. The van der Waals surface area contributed by atoms with Crippen molar-refractivity contribution >= 4 is 7.60 Å². The van der Waals surface area contributed by atoms with Gasteiger partial charge < -0.3 is 9.42 Å². The van der Waals surface area contributed by atoms with Gasteiger partial charge in [-0.1, -0.05) is 45.7 Å². The Morgan fingerprint density at radius 2 is 1.71 bits per heavy atom.